The standard InChI is InChI=1S/C33H30F2N4O5/c1-20(32(42)38-25-8-13-30(37-19-25)44-26-9-5-22(6-10-26)21(2)40)4-12-29(36-3)33(43)39-16-14-23(15-17-39)31(41)27-11-7-24(34)18-28(27)35/h4-13,18-19,23H,3,14-17H2,1-2H3,(H,38,42)/b20-4+,29-12-. The van der Waals surface area contributed by atoms with E-state index in [1.54, 1.807) is 43.3 Å². The van der Waals surface area contributed by atoms with E-state index in [-0.39, 0.29) is 35.7 Å². The number of carbonyl (C=O) groups excluding carboxylic acids is 4. The number of carbonyl (C=O) groups is 4. The maximum absolute atomic E-state index is 14.1. The van der Waals surface area contributed by atoms with E-state index in [1.807, 2.05) is 0 Å². The molecular weight excluding hydrogens is 570 g/mol. The third-order valence-corrected chi connectivity index (χ3v) is 7.07. The van der Waals surface area contributed by atoms with Crippen LogP contribution in [0.2, 0.25) is 0 Å². The molecule has 1 saturated heterocycles. The van der Waals surface area contributed by atoms with Crippen LogP contribution in [0.1, 0.15) is 47.4 Å². The molecule has 2 aromatic carbocycles. The zero-order valence-electron chi connectivity index (χ0n) is 24.2. The van der Waals surface area contributed by atoms with Gasteiger partial charge in [0.25, 0.3) is 11.8 Å². The molecule has 0 bridgehead atoms. The number of allylic oxidation sites excluding steroid dienone is 2. The smallest absolute Gasteiger partial charge is 0.272 e. The molecule has 0 aliphatic carbocycles. The van der Waals surface area contributed by atoms with Crippen molar-refractivity contribution in [1.82, 2.24) is 9.88 Å². The highest BCUT2D eigenvalue weighted by Crippen LogP contribution is 2.25. The summed E-state index contributed by atoms with van der Waals surface area (Å²) < 4.78 is 32.9. The first-order valence-corrected chi connectivity index (χ1v) is 13.8. The molecule has 1 N–H and O–H groups in total. The van der Waals surface area contributed by atoms with Gasteiger partial charge in [-0.25, -0.2) is 13.8 Å². The summed E-state index contributed by atoms with van der Waals surface area (Å²) in [6.07, 6.45) is 4.89. The van der Waals surface area contributed by atoms with E-state index in [2.05, 4.69) is 22.0 Å². The number of amides is 2. The van der Waals surface area contributed by atoms with Crippen LogP contribution in [0, 0.1) is 17.6 Å². The lowest BCUT2D eigenvalue weighted by Gasteiger charge is -2.31. The Bertz CT molecular complexity index is 1640. The number of piperidine rings is 1. The van der Waals surface area contributed by atoms with Crippen molar-refractivity contribution in [3.63, 3.8) is 0 Å². The number of hydrogen-bond donors (Lipinski definition) is 1. The lowest BCUT2D eigenvalue weighted by molar-refractivity contribution is -0.128. The van der Waals surface area contributed by atoms with E-state index in [0.29, 0.717) is 41.8 Å². The molecule has 2 amide bonds. The van der Waals surface area contributed by atoms with E-state index < -0.39 is 35.1 Å². The van der Waals surface area contributed by atoms with Crippen LogP contribution in [0.4, 0.5) is 14.5 Å². The van der Waals surface area contributed by atoms with Crippen LogP contribution in [0.15, 0.2) is 89.2 Å². The number of nitrogens with zero attached hydrogens (tertiary/aromatic N) is 3. The number of Topliss-reactive ketones (excluding diaryl/α,β-unsaturated/α-hetero) is 2. The Labute approximate surface area is 253 Å². The summed E-state index contributed by atoms with van der Waals surface area (Å²) in [5.74, 6) is -2.68. The van der Waals surface area contributed by atoms with Crippen molar-refractivity contribution in [3.05, 3.63) is 107 Å². The number of pyridine rings is 1. The molecule has 11 heteroatoms. The fourth-order valence-electron chi connectivity index (χ4n) is 4.51. The van der Waals surface area contributed by atoms with Gasteiger partial charge in [-0.15, -0.1) is 0 Å². The van der Waals surface area contributed by atoms with Crippen LogP contribution in [0.25, 0.3) is 0 Å². The second kappa shape index (κ2) is 14.2. The van der Waals surface area contributed by atoms with Crippen molar-refractivity contribution < 1.29 is 32.7 Å². The molecule has 226 valence electrons. The van der Waals surface area contributed by atoms with Gasteiger partial charge in [-0.1, -0.05) is 6.08 Å². The molecular formula is C33H30F2N4O5. The molecule has 0 radical (unpaired) electrons. The number of ether oxygens (including phenoxy) is 1. The van der Waals surface area contributed by atoms with Crippen molar-refractivity contribution in [3.8, 4) is 11.6 Å². The molecule has 9 nitrogen and oxygen atoms in total. The molecule has 0 spiro atoms. The normalized spacial score (nSPS) is 14.1. The summed E-state index contributed by atoms with van der Waals surface area (Å²) in [6.45, 7) is 6.99. The number of halogens is 2. The highest BCUT2D eigenvalue weighted by Gasteiger charge is 2.30. The highest BCUT2D eigenvalue weighted by atomic mass is 19.1. The molecule has 2 heterocycles. The Kier molecular flexibility index (Phi) is 10.2. The van der Waals surface area contributed by atoms with Gasteiger partial charge >= 0.3 is 0 Å². The first-order chi connectivity index (χ1) is 21.0. The number of likely N-dealkylation sites (tertiary alicyclic amines) is 1. The number of anilines is 1. The van der Waals surface area contributed by atoms with Crippen LogP contribution in [-0.2, 0) is 9.59 Å². The SMILES string of the molecule is C=N/C(=C\C=C(/C)C(=O)Nc1ccc(Oc2ccc(C(C)=O)cc2)nc1)C(=O)N1CCC(C(=O)c2ccc(F)cc2F)CC1. The number of hydrogen-bond acceptors (Lipinski definition) is 7. The number of aromatic nitrogens is 1. The Morgan fingerprint density at radius 3 is 2.30 bits per heavy atom. The Morgan fingerprint density at radius 2 is 1.70 bits per heavy atom. The number of nitrogens with one attached hydrogen (secondary N) is 1. The molecule has 1 aliphatic heterocycles. The van der Waals surface area contributed by atoms with Crippen LogP contribution in [-0.4, -0.2) is 53.1 Å². The predicted octanol–water partition coefficient (Wildman–Crippen LogP) is 5.95. The summed E-state index contributed by atoms with van der Waals surface area (Å²) >= 11 is 0. The van der Waals surface area contributed by atoms with E-state index in [1.165, 1.54) is 30.2 Å². The number of rotatable bonds is 10. The molecule has 0 atom stereocenters. The highest BCUT2D eigenvalue weighted by molar-refractivity contribution is 6.04. The first kappa shape index (κ1) is 31.6. The molecule has 1 aliphatic rings. The fourth-order valence-corrected chi connectivity index (χ4v) is 4.51. The van der Waals surface area contributed by atoms with E-state index >= 15 is 0 Å². The second-order valence-electron chi connectivity index (χ2n) is 10.1. The monoisotopic (exact) mass is 600 g/mol. The average molecular weight is 601 g/mol. The molecule has 0 saturated carbocycles. The van der Waals surface area contributed by atoms with Gasteiger partial charge in [0, 0.05) is 42.3 Å². The van der Waals surface area contributed by atoms with Gasteiger partial charge < -0.3 is 15.0 Å². The molecule has 4 rings (SSSR count). The lowest BCUT2D eigenvalue weighted by atomic mass is 9.88. The minimum atomic E-state index is -0.906. The molecule has 1 aromatic heterocycles. The third-order valence-electron chi connectivity index (χ3n) is 7.07. The number of ketones is 2. The van der Waals surface area contributed by atoms with Crippen molar-refractivity contribution in [1.29, 1.82) is 0 Å². The lowest BCUT2D eigenvalue weighted by Crippen LogP contribution is -2.40. The van der Waals surface area contributed by atoms with Gasteiger partial charge in [-0.05, 0) is 81.9 Å². The summed E-state index contributed by atoms with van der Waals surface area (Å²) in [6, 6.07) is 12.7. The van der Waals surface area contributed by atoms with Crippen molar-refractivity contribution in [2.45, 2.75) is 26.7 Å². The summed E-state index contributed by atoms with van der Waals surface area (Å²) in [4.78, 5) is 59.4. The Morgan fingerprint density at radius 1 is 1.00 bits per heavy atom. The molecule has 3 aromatic rings. The van der Waals surface area contributed by atoms with Gasteiger partial charge in [0.1, 0.15) is 23.1 Å². The maximum atomic E-state index is 14.1. The van der Waals surface area contributed by atoms with Crippen molar-refractivity contribution in [2.24, 2.45) is 10.9 Å². The summed E-state index contributed by atoms with van der Waals surface area (Å²) in [5.41, 5.74) is 1.13. The number of benzene rings is 2. The van der Waals surface area contributed by atoms with E-state index in [9.17, 15) is 28.0 Å². The number of aliphatic imine (C=N–C) groups is 1. The van der Waals surface area contributed by atoms with Crippen molar-refractivity contribution >= 4 is 35.8 Å². The van der Waals surface area contributed by atoms with Gasteiger partial charge in [0.05, 0.1) is 17.4 Å². The van der Waals surface area contributed by atoms with E-state index in [0.717, 1.165) is 12.1 Å². The zero-order chi connectivity index (χ0) is 31.8. The van der Waals surface area contributed by atoms with Gasteiger partial charge in [0.2, 0.25) is 5.88 Å². The Balaban J connectivity index is 1.31. The van der Waals surface area contributed by atoms with Crippen molar-refractivity contribution in [2.75, 3.05) is 18.4 Å². The topological polar surface area (TPSA) is 118 Å². The minimum Gasteiger partial charge on any atom is -0.439 e. The van der Waals surface area contributed by atoms with Gasteiger partial charge in [-0.3, -0.25) is 24.2 Å². The summed E-state index contributed by atoms with van der Waals surface area (Å²) in [5, 5.41) is 2.71. The van der Waals surface area contributed by atoms with Gasteiger partial charge in [-0.2, -0.15) is 0 Å². The minimum absolute atomic E-state index is 0.0195. The fraction of sp³-hybridized carbons (Fsp3) is 0.212. The maximum Gasteiger partial charge on any atom is 0.272 e. The first-order valence-electron chi connectivity index (χ1n) is 13.8. The molecule has 44 heavy (non-hydrogen) atoms. The van der Waals surface area contributed by atoms with Crippen LogP contribution in [0.5, 0.6) is 11.6 Å². The van der Waals surface area contributed by atoms with Crippen LogP contribution < -0.4 is 10.1 Å². The Hall–Kier alpha value is -5.32. The largest absolute Gasteiger partial charge is 0.439 e. The zero-order valence-corrected chi connectivity index (χ0v) is 24.2. The summed E-state index contributed by atoms with van der Waals surface area (Å²) in [7, 11) is 0. The molecule has 0 unspecified atom stereocenters. The molecule has 1 fully saturated rings. The second-order valence-corrected chi connectivity index (χ2v) is 10.1. The third kappa shape index (κ3) is 7.94. The quantitative estimate of drug-likeness (QED) is 0.133. The van der Waals surface area contributed by atoms with E-state index in [4.69, 9.17) is 4.74 Å². The van der Waals surface area contributed by atoms with Crippen LogP contribution in [0.3, 0.4) is 0 Å². The predicted molar refractivity (Wildman–Crippen MR) is 161 cm³/mol. The van der Waals surface area contributed by atoms with Gasteiger partial charge in [0.15, 0.2) is 11.6 Å². The van der Waals surface area contributed by atoms with Crippen LogP contribution >= 0.6 is 0 Å². The average Bonchev–Trinajstić information content (AvgIpc) is 3.02.